The van der Waals surface area contributed by atoms with E-state index in [0.717, 1.165) is 18.7 Å². The van der Waals surface area contributed by atoms with Crippen LogP contribution in [0.2, 0.25) is 0 Å². The van der Waals surface area contributed by atoms with Crippen LogP contribution in [0.1, 0.15) is 25.0 Å². The molecule has 4 nitrogen and oxygen atoms in total. The zero-order chi connectivity index (χ0) is 17.4. The molecule has 2 rings (SSSR count). The van der Waals surface area contributed by atoms with Crippen LogP contribution in [-0.4, -0.2) is 30.5 Å². The minimum Gasteiger partial charge on any atom is -0.370 e. The standard InChI is InChI=1S/C20H28N4.HI/c1-4-17-11-8-12-19(13-17)23-20(21)22-14-16(2)24(3)15-18-9-6-5-7-10-18;/h5-13,16H,4,14-15H2,1-3H3,(H3,21,22,23);1H. The molecule has 1 unspecified atom stereocenters. The van der Waals surface area contributed by atoms with E-state index in [-0.39, 0.29) is 24.0 Å². The first-order valence-electron chi connectivity index (χ1n) is 8.48. The van der Waals surface area contributed by atoms with Gasteiger partial charge in [-0.2, -0.15) is 0 Å². The molecule has 0 heterocycles. The van der Waals surface area contributed by atoms with E-state index in [1.54, 1.807) is 0 Å². The van der Waals surface area contributed by atoms with E-state index in [1.807, 2.05) is 18.2 Å². The Morgan fingerprint density at radius 1 is 1.12 bits per heavy atom. The summed E-state index contributed by atoms with van der Waals surface area (Å²) in [5.74, 6) is 0.461. The minimum absolute atomic E-state index is 0. The van der Waals surface area contributed by atoms with E-state index in [9.17, 15) is 0 Å². The van der Waals surface area contributed by atoms with Crippen LogP contribution in [0.15, 0.2) is 59.6 Å². The molecule has 25 heavy (non-hydrogen) atoms. The molecule has 0 aromatic heterocycles. The normalized spacial score (nSPS) is 12.6. The van der Waals surface area contributed by atoms with Gasteiger partial charge in [0.1, 0.15) is 0 Å². The van der Waals surface area contributed by atoms with Gasteiger partial charge in [0.2, 0.25) is 0 Å². The van der Waals surface area contributed by atoms with Crippen molar-refractivity contribution in [1.29, 1.82) is 0 Å². The predicted octanol–water partition coefficient (Wildman–Crippen LogP) is 4.11. The van der Waals surface area contributed by atoms with Gasteiger partial charge >= 0.3 is 0 Å². The SMILES string of the molecule is CCc1cccc(NC(N)=NCC(C)N(C)Cc2ccccc2)c1.I. The Morgan fingerprint density at radius 2 is 1.80 bits per heavy atom. The summed E-state index contributed by atoms with van der Waals surface area (Å²) in [7, 11) is 2.11. The van der Waals surface area contributed by atoms with Crippen molar-refractivity contribution in [3.05, 3.63) is 65.7 Å². The molecule has 0 aliphatic heterocycles. The number of benzene rings is 2. The molecule has 2 aromatic rings. The van der Waals surface area contributed by atoms with Crippen molar-refractivity contribution in [1.82, 2.24) is 4.90 Å². The molecule has 0 aliphatic rings. The lowest BCUT2D eigenvalue weighted by Gasteiger charge is -2.23. The average molecular weight is 452 g/mol. The molecule has 136 valence electrons. The summed E-state index contributed by atoms with van der Waals surface area (Å²) >= 11 is 0. The van der Waals surface area contributed by atoms with Crippen molar-refractivity contribution in [2.24, 2.45) is 10.7 Å². The molecule has 5 heteroatoms. The maximum Gasteiger partial charge on any atom is 0.193 e. The van der Waals surface area contributed by atoms with Crippen LogP contribution in [0.4, 0.5) is 5.69 Å². The molecular weight excluding hydrogens is 423 g/mol. The Bertz CT molecular complexity index is 658. The highest BCUT2D eigenvalue weighted by Gasteiger charge is 2.09. The fourth-order valence-corrected chi connectivity index (χ4v) is 2.45. The van der Waals surface area contributed by atoms with Crippen molar-refractivity contribution >= 4 is 35.6 Å². The number of nitrogens with two attached hydrogens (primary N) is 1. The molecule has 0 spiro atoms. The second kappa shape index (κ2) is 11.1. The zero-order valence-corrected chi connectivity index (χ0v) is 17.6. The molecule has 1 atom stereocenters. The van der Waals surface area contributed by atoms with Gasteiger partial charge in [0.15, 0.2) is 5.96 Å². The largest absolute Gasteiger partial charge is 0.370 e. The highest BCUT2D eigenvalue weighted by Crippen LogP contribution is 2.11. The average Bonchev–Trinajstić information content (AvgIpc) is 2.60. The Labute approximate surface area is 168 Å². The third kappa shape index (κ3) is 7.44. The van der Waals surface area contributed by atoms with Gasteiger partial charge in [-0.25, -0.2) is 0 Å². The molecule has 0 amide bonds. The van der Waals surface area contributed by atoms with Gasteiger partial charge in [0.05, 0.1) is 6.54 Å². The van der Waals surface area contributed by atoms with Crippen LogP contribution in [0.5, 0.6) is 0 Å². The first-order chi connectivity index (χ1) is 11.6. The summed E-state index contributed by atoms with van der Waals surface area (Å²) in [4.78, 5) is 6.76. The molecule has 0 radical (unpaired) electrons. The topological polar surface area (TPSA) is 53.6 Å². The highest BCUT2D eigenvalue weighted by molar-refractivity contribution is 14.0. The third-order valence-electron chi connectivity index (χ3n) is 4.16. The number of hydrogen-bond acceptors (Lipinski definition) is 2. The number of nitrogens with one attached hydrogen (secondary N) is 1. The van der Waals surface area contributed by atoms with E-state index in [1.165, 1.54) is 11.1 Å². The number of likely N-dealkylation sites (N-methyl/N-ethyl adjacent to an activating group) is 1. The maximum atomic E-state index is 6.02. The molecule has 0 aliphatic carbocycles. The smallest absolute Gasteiger partial charge is 0.193 e. The monoisotopic (exact) mass is 452 g/mol. The summed E-state index contributed by atoms with van der Waals surface area (Å²) in [6.07, 6.45) is 1.01. The van der Waals surface area contributed by atoms with Gasteiger partial charge in [0.25, 0.3) is 0 Å². The highest BCUT2D eigenvalue weighted by atomic mass is 127. The first kappa shape index (κ1) is 21.4. The van der Waals surface area contributed by atoms with Crippen LogP contribution in [-0.2, 0) is 13.0 Å². The zero-order valence-electron chi connectivity index (χ0n) is 15.3. The number of aliphatic imine (C=N–C) groups is 1. The van der Waals surface area contributed by atoms with Crippen molar-refractivity contribution in [2.75, 3.05) is 18.9 Å². The second-order valence-electron chi connectivity index (χ2n) is 6.15. The number of nitrogens with zero attached hydrogens (tertiary/aromatic N) is 2. The lowest BCUT2D eigenvalue weighted by molar-refractivity contribution is 0.255. The molecule has 0 fully saturated rings. The molecule has 0 saturated carbocycles. The number of rotatable bonds is 7. The van der Waals surface area contributed by atoms with Crippen molar-refractivity contribution < 1.29 is 0 Å². The van der Waals surface area contributed by atoms with Crippen molar-refractivity contribution in [2.45, 2.75) is 32.9 Å². The number of guanidine groups is 1. The Hall–Kier alpha value is -1.60. The van der Waals surface area contributed by atoms with Crippen LogP contribution < -0.4 is 11.1 Å². The van der Waals surface area contributed by atoms with Gasteiger partial charge in [-0.3, -0.25) is 9.89 Å². The van der Waals surface area contributed by atoms with Crippen LogP contribution in [0, 0.1) is 0 Å². The van der Waals surface area contributed by atoms with E-state index in [2.05, 4.69) is 72.5 Å². The number of anilines is 1. The third-order valence-corrected chi connectivity index (χ3v) is 4.16. The quantitative estimate of drug-likeness (QED) is 0.378. The van der Waals surface area contributed by atoms with E-state index in [4.69, 9.17) is 5.73 Å². The lowest BCUT2D eigenvalue weighted by Crippen LogP contribution is -2.32. The molecule has 0 bridgehead atoms. The molecule has 0 saturated heterocycles. The number of hydrogen-bond donors (Lipinski definition) is 2. The van der Waals surface area contributed by atoms with Gasteiger partial charge < -0.3 is 11.1 Å². The molecular formula is C20H29IN4. The predicted molar refractivity (Wildman–Crippen MR) is 119 cm³/mol. The fraction of sp³-hybridized carbons (Fsp3) is 0.350. The van der Waals surface area contributed by atoms with Crippen LogP contribution >= 0.6 is 24.0 Å². The summed E-state index contributed by atoms with van der Waals surface area (Å²) < 4.78 is 0. The van der Waals surface area contributed by atoms with Gasteiger partial charge in [0, 0.05) is 18.3 Å². The summed E-state index contributed by atoms with van der Waals surface area (Å²) in [5, 5.41) is 3.17. The van der Waals surface area contributed by atoms with Crippen LogP contribution in [0.25, 0.3) is 0 Å². The summed E-state index contributed by atoms with van der Waals surface area (Å²) in [6.45, 7) is 5.87. The Balaban J connectivity index is 0.00000312. The number of aryl methyl sites for hydroxylation is 1. The lowest BCUT2D eigenvalue weighted by atomic mass is 10.1. The van der Waals surface area contributed by atoms with E-state index in [0.29, 0.717) is 18.5 Å². The number of halogens is 1. The summed E-state index contributed by atoms with van der Waals surface area (Å²) in [6, 6.07) is 19.0. The van der Waals surface area contributed by atoms with Crippen molar-refractivity contribution in [3.8, 4) is 0 Å². The molecule has 3 N–H and O–H groups in total. The van der Waals surface area contributed by atoms with E-state index < -0.39 is 0 Å². The minimum atomic E-state index is 0. The van der Waals surface area contributed by atoms with Crippen molar-refractivity contribution in [3.63, 3.8) is 0 Å². The van der Waals surface area contributed by atoms with Gasteiger partial charge in [-0.1, -0.05) is 49.4 Å². The van der Waals surface area contributed by atoms with Gasteiger partial charge in [-0.05, 0) is 43.7 Å². The fourth-order valence-electron chi connectivity index (χ4n) is 2.45. The van der Waals surface area contributed by atoms with Gasteiger partial charge in [-0.15, -0.1) is 24.0 Å². The maximum absolute atomic E-state index is 6.02. The van der Waals surface area contributed by atoms with Crippen LogP contribution in [0.3, 0.4) is 0 Å². The Kier molecular flexibility index (Phi) is 9.52. The second-order valence-corrected chi connectivity index (χ2v) is 6.15. The molecule has 2 aromatic carbocycles. The van der Waals surface area contributed by atoms with E-state index >= 15 is 0 Å². The Morgan fingerprint density at radius 3 is 2.48 bits per heavy atom. The summed E-state index contributed by atoms with van der Waals surface area (Å²) in [5.41, 5.74) is 9.59. The first-order valence-corrected chi connectivity index (χ1v) is 8.48.